The summed E-state index contributed by atoms with van der Waals surface area (Å²) in [6, 6.07) is 7.62. The van der Waals surface area contributed by atoms with Crippen molar-refractivity contribution in [2.75, 3.05) is 19.8 Å². The third-order valence-corrected chi connectivity index (χ3v) is 3.67. The predicted octanol–water partition coefficient (Wildman–Crippen LogP) is 1.30. The molecule has 27 heavy (non-hydrogen) atoms. The van der Waals surface area contributed by atoms with Crippen molar-refractivity contribution < 1.29 is 38.5 Å². The van der Waals surface area contributed by atoms with E-state index in [1.807, 2.05) is 0 Å². The van der Waals surface area contributed by atoms with Gasteiger partial charge >= 0.3 is 17.9 Å². The minimum absolute atomic E-state index is 0.00551. The number of rotatable bonds is 10. The Morgan fingerprint density at radius 2 is 1.48 bits per heavy atom. The van der Waals surface area contributed by atoms with Gasteiger partial charge in [0.1, 0.15) is 0 Å². The maximum Gasteiger partial charge on any atom is 0.340 e. The highest BCUT2D eigenvalue weighted by atomic mass is 16.6. The molecule has 0 aromatic heterocycles. The summed E-state index contributed by atoms with van der Waals surface area (Å²) in [7, 11) is 0. The summed E-state index contributed by atoms with van der Waals surface area (Å²) in [5.74, 6) is -6.22. The number of Topliss-reactive ketones (excluding diaryl/α,β-unsaturated/α-hetero) is 1. The third kappa shape index (κ3) is 5.62. The Morgan fingerprint density at radius 3 is 2.00 bits per heavy atom. The van der Waals surface area contributed by atoms with Crippen LogP contribution in [0.15, 0.2) is 30.3 Å². The van der Waals surface area contributed by atoms with Crippen molar-refractivity contribution in [2.45, 2.75) is 32.8 Å². The summed E-state index contributed by atoms with van der Waals surface area (Å²) in [6.45, 7) is 4.32. The first-order chi connectivity index (χ1) is 12.8. The van der Waals surface area contributed by atoms with Gasteiger partial charge in [-0.15, -0.1) is 0 Å². The molecule has 0 amide bonds. The van der Waals surface area contributed by atoms with E-state index in [4.69, 9.17) is 14.2 Å². The second-order valence-corrected chi connectivity index (χ2v) is 5.54. The molecule has 8 heteroatoms. The van der Waals surface area contributed by atoms with Crippen LogP contribution in [0.1, 0.15) is 37.6 Å². The highest BCUT2D eigenvalue weighted by Crippen LogP contribution is 2.29. The number of carbonyl (C=O) groups excluding carboxylic acids is 4. The van der Waals surface area contributed by atoms with Crippen molar-refractivity contribution in [1.29, 1.82) is 0 Å². The molecule has 0 saturated heterocycles. The molecule has 8 nitrogen and oxygen atoms in total. The van der Waals surface area contributed by atoms with Crippen molar-refractivity contribution in [3.63, 3.8) is 0 Å². The summed E-state index contributed by atoms with van der Waals surface area (Å²) < 4.78 is 14.5. The molecule has 1 aromatic carbocycles. The fraction of sp³-hybridized carbons (Fsp3) is 0.474. The lowest BCUT2D eigenvalue weighted by atomic mass is 9.79. The lowest BCUT2D eigenvalue weighted by Gasteiger charge is -2.30. The second kappa shape index (κ2) is 10.4. The first-order valence-corrected chi connectivity index (χ1v) is 8.62. The number of carbonyl (C=O) groups is 4. The fourth-order valence-corrected chi connectivity index (χ4v) is 2.49. The van der Waals surface area contributed by atoms with E-state index in [9.17, 15) is 24.3 Å². The van der Waals surface area contributed by atoms with Gasteiger partial charge in [0, 0.05) is 5.56 Å². The van der Waals surface area contributed by atoms with Gasteiger partial charge in [0.2, 0.25) is 0 Å². The van der Waals surface area contributed by atoms with Crippen LogP contribution in [0.2, 0.25) is 0 Å². The molecule has 2 atom stereocenters. The Balaban J connectivity index is 3.43. The molecular weight excluding hydrogens is 356 g/mol. The maximum atomic E-state index is 12.9. The van der Waals surface area contributed by atoms with Crippen LogP contribution < -0.4 is 0 Å². The zero-order valence-electron chi connectivity index (χ0n) is 15.6. The molecule has 0 aliphatic carbocycles. The van der Waals surface area contributed by atoms with E-state index in [-0.39, 0.29) is 25.4 Å². The Labute approximate surface area is 157 Å². The van der Waals surface area contributed by atoms with Crippen LogP contribution in [-0.4, -0.2) is 54.2 Å². The molecule has 1 rings (SSSR count). The molecule has 0 spiro atoms. The summed E-state index contributed by atoms with van der Waals surface area (Å²) in [4.78, 5) is 49.8. The van der Waals surface area contributed by atoms with Crippen molar-refractivity contribution in [1.82, 2.24) is 0 Å². The number of esters is 3. The Kier molecular flexibility index (Phi) is 8.61. The van der Waals surface area contributed by atoms with Gasteiger partial charge < -0.3 is 19.3 Å². The van der Waals surface area contributed by atoms with Crippen LogP contribution in [0.3, 0.4) is 0 Å². The molecule has 1 N–H and O–H groups in total. The largest absolute Gasteiger partial charge is 0.466 e. The van der Waals surface area contributed by atoms with Crippen molar-refractivity contribution in [3.8, 4) is 0 Å². The Morgan fingerprint density at radius 1 is 0.926 bits per heavy atom. The number of ether oxygens (including phenoxy) is 3. The standard InChI is InChI=1S/C19H24O8/c1-4-25-14(20)12-19(24,18(23)27-6-3)15(17(22)26-5-2)16(21)13-10-8-7-9-11-13/h7-11,15,24H,4-6,12H2,1-3H3. The predicted molar refractivity (Wildman–Crippen MR) is 93.7 cm³/mol. The normalized spacial score (nSPS) is 13.8. The van der Waals surface area contributed by atoms with Crippen LogP contribution >= 0.6 is 0 Å². The van der Waals surface area contributed by atoms with E-state index < -0.39 is 41.6 Å². The van der Waals surface area contributed by atoms with Gasteiger partial charge in [0.05, 0.1) is 26.2 Å². The van der Waals surface area contributed by atoms with Gasteiger partial charge in [-0.3, -0.25) is 14.4 Å². The van der Waals surface area contributed by atoms with Crippen molar-refractivity contribution >= 4 is 23.7 Å². The van der Waals surface area contributed by atoms with Crippen LogP contribution in [0, 0.1) is 5.92 Å². The monoisotopic (exact) mass is 380 g/mol. The SMILES string of the molecule is CCOC(=O)CC(O)(C(=O)OCC)C(C(=O)OCC)C(=O)c1ccccc1. The quantitative estimate of drug-likeness (QED) is 0.279. The first kappa shape index (κ1) is 22.3. The van der Waals surface area contributed by atoms with Crippen LogP contribution in [-0.2, 0) is 28.6 Å². The number of ketones is 1. The van der Waals surface area contributed by atoms with Crippen molar-refractivity contribution in [3.05, 3.63) is 35.9 Å². The molecule has 0 radical (unpaired) electrons. The van der Waals surface area contributed by atoms with Crippen LogP contribution in [0.5, 0.6) is 0 Å². The molecule has 0 bridgehead atoms. The van der Waals surface area contributed by atoms with Gasteiger partial charge in [-0.1, -0.05) is 30.3 Å². The van der Waals surface area contributed by atoms with Gasteiger partial charge in [-0.2, -0.15) is 0 Å². The highest BCUT2D eigenvalue weighted by molar-refractivity contribution is 6.13. The summed E-state index contributed by atoms with van der Waals surface area (Å²) in [5, 5.41) is 11.0. The zero-order chi connectivity index (χ0) is 20.4. The van der Waals surface area contributed by atoms with Crippen LogP contribution in [0.4, 0.5) is 0 Å². The fourth-order valence-electron chi connectivity index (χ4n) is 2.49. The summed E-state index contributed by atoms with van der Waals surface area (Å²) in [5.41, 5.74) is -2.69. The number of hydrogen-bond donors (Lipinski definition) is 1. The molecule has 0 heterocycles. The molecule has 0 aliphatic rings. The smallest absolute Gasteiger partial charge is 0.340 e. The Hall–Kier alpha value is -2.74. The first-order valence-electron chi connectivity index (χ1n) is 8.62. The maximum absolute atomic E-state index is 12.9. The van der Waals surface area contributed by atoms with Crippen LogP contribution in [0.25, 0.3) is 0 Å². The van der Waals surface area contributed by atoms with Gasteiger partial charge in [0.15, 0.2) is 17.3 Å². The van der Waals surface area contributed by atoms with Gasteiger partial charge in [0.25, 0.3) is 0 Å². The van der Waals surface area contributed by atoms with Gasteiger partial charge in [-0.25, -0.2) is 4.79 Å². The Bertz CT molecular complexity index is 670. The van der Waals surface area contributed by atoms with E-state index in [1.165, 1.54) is 26.0 Å². The average Bonchev–Trinajstić information content (AvgIpc) is 2.63. The number of benzene rings is 1. The minimum atomic E-state index is -2.76. The molecule has 0 fully saturated rings. The second-order valence-electron chi connectivity index (χ2n) is 5.54. The van der Waals surface area contributed by atoms with E-state index in [0.717, 1.165) is 0 Å². The third-order valence-electron chi connectivity index (χ3n) is 3.67. The minimum Gasteiger partial charge on any atom is -0.466 e. The lowest BCUT2D eigenvalue weighted by Crippen LogP contribution is -2.55. The van der Waals surface area contributed by atoms with Crippen molar-refractivity contribution in [2.24, 2.45) is 5.92 Å². The van der Waals surface area contributed by atoms with E-state index in [1.54, 1.807) is 25.1 Å². The topological polar surface area (TPSA) is 116 Å². The number of aliphatic hydroxyl groups is 1. The lowest BCUT2D eigenvalue weighted by molar-refractivity contribution is -0.182. The highest BCUT2D eigenvalue weighted by Gasteiger charge is 2.55. The number of hydrogen-bond acceptors (Lipinski definition) is 8. The molecule has 0 aliphatic heterocycles. The summed E-state index contributed by atoms with van der Waals surface area (Å²) >= 11 is 0. The van der Waals surface area contributed by atoms with E-state index >= 15 is 0 Å². The van der Waals surface area contributed by atoms with Gasteiger partial charge in [-0.05, 0) is 20.8 Å². The molecule has 1 aromatic rings. The molecule has 0 saturated carbocycles. The van der Waals surface area contributed by atoms with E-state index in [2.05, 4.69) is 0 Å². The van der Waals surface area contributed by atoms with E-state index in [0.29, 0.717) is 0 Å². The average molecular weight is 380 g/mol. The summed E-state index contributed by atoms with van der Waals surface area (Å²) in [6.07, 6.45) is -0.929. The zero-order valence-corrected chi connectivity index (χ0v) is 15.6. The molecule has 2 unspecified atom stereocenters. The molecule has 148 valence electrons. The molecular formula is C19H24O8.